The lowest BCUT2D eigenvalue weighted by molar-refractivity contribution is 0.312. The Hall–Kier alpha value is -2.18. The van der Waals surface area contributed by atoms with Gasteiger partial charge in [-0.05, 0) is 39.4 Å². The van der Waals surface area contributed by atoms with Gasteiger partial charge in [-0.2, -0.15) is 0 Å². The summed E-state index contributed by atoms with van der Waals surface area (Å²) in [6.07, 6.45) is 0.982. The standard InChI is InChI=1S/C21H27ClN6/c1-5-14(2)28-19(16-8-6-7-9-17(16)22)25-18-20(23-15(3)24-21(18)28)27-12-10-26(4)11-13-27/h6-9,14H,5,10-13H2,1-4H3/t14-/m1/s1. The van der Waals surface area contributed by atoms with E-state index in [1.54, 1.807) is 0 Å². The van der Waals surface area contributed by atoms with Gasteiger partial charge in [0.2, 0.25) is 0 Å². The Labute approximate surface area is 171 Å². The minimum absolute atomic E-state index is 0.255. The number of nitrogens with zero attached hydrogens (tertiary/aromatic N) is 6. The first kappa shape index (κ1) is 19.2. The van der Waals surface area contributed by atoms with Crippen LogP contribution in [0.1, 0.15) is 32.1 Å². The third-order valence-corrected chi connectivity index (χ3v) is 5.91. The number of anilines is 1. The first-order valence-corrected chi connectivity index (χ1v) is 10.3. The van der Waals surface area contributed by atoms with Crippen LogP contribution in [-0.2, 0) is 0 Å². The number of fused-ring (bicyclic) bond motifs is 1. The third-order valence-electron chi connectivity index (χ3n) is 5.58. The second kappa shape index (κ2) is 7.68. The minimum atomic E-state index is 0.255. The molecule has 4 rings (SSSR count). The Morgan fingerprint density at radius 3 is 2.46 bits per heavy atom. The van der Waals surface area contributed by atoms with Gasteiger partial charge in [0.15, 0.2) is 17.0 Å². The first-order chi connectivity index (χ1) is 13.5. The van der Waals surface area contributed by atoms with E-state index in [1.807, 2.05) is 31.2 Å². The number of benzene rings is 1. The summed E-state index contributed by atoms with van der Waals surface area (Å²) in [6, 6.07) is 8.14. The highest BCUT2D eigenvalue weighted by atomic mass is 35.5. The van der Waals surface area contributed by atoms with Crippen LogP contribution in [-0.4, -0.2) is 57.6 Å². The molecule has 3 heterocycles. The molecule has 0 saturated carbocycles. The average Bonchev–Trinajstić information content (AvgIpc) is 3.06. The lowest BCUT2D eigenvalue weighted by atomic mass is 10.2. The van der Waals surface area contributed by atoms with E-state index in [0.717, 1.165) is 66.8 Å². The summed E-state index contributed by atoms with van der Waals surface area (Å²) in [5.74, 6) is 2.58. The third kappa shape index (κ3) is 3.35. The van der Waals surface area contributed by atoms with Crippen molar-refractivity contribution in [3.8, 4) is 11.4 Å². The smallest absolute Gasteiger partial charge is 0.166 e. The van der Waals surface area contributed by atoms with E-state index in [0.29, 0.717) is 5.02 Å². The number of halogens is 1. The molecule has 1 saturated heterocycles. The zero-order chi connectivity index (χ0) is 19.8. The SMILES string of the molecule is CC[C@@H](C)n1c(-c2ccccc2Cl)nc2c(N3CCN(C)CC3)nc(C)nc21. The number of likely N-dealkylation sites (N-methyl/N-ethyl adjacent to an activating group) is 1. The quantitative estimate of drug-likeness (QED) is 0.659. The van der Waals surface area contributed by atoms with Crippen LogP contribution in [0.3, 0.4) is 0 Å². The van der Waals surface area contributed by atoms with Gasteiger partial charge in [-0.1, -0.05) is 30.7 Å². The lowest BCUT2D eigenvalue weighted by Crippen LogP contribution is -2.45. The molecule has 0 amide bonds. The van der Waals surface area contributed by atoms with E-state index >= 15 is 0 Å². The Balaban J connectivity index is 1.95. The Kier molecular flexibility index (Phi) is 5.25. The molecule has 148 valence electrons. The molecule has 1 aliphatic rings. The lowest BCUT2D eigenvalue weighted by Gasteiger charge is -2.33. The van der Waals surface area contributed by atoms with Crippen LogP contribution in [0.15, 0.2) is 24.3 Å². The second-order valence-electron chi connectivity index (χ2n) is 7.60. The van der Waals surface area contributed by atoms with Crippen molar-refractivity contribution in [1.29, 1.82) is 0 Å². The predicted molar refractivity (Wildman–Crippen MR) is 115 cm³/mol. The van der Waals surface area contributed by atoms with Gasteiger partial charge in [0.1, 0.15) is 11.6 Å². The van der Waals surface area contributed by atoms with Crippen LogP contribution < -0.4 is 4.90 Å². The van der Waals surface area contributed by atoms with Crippen molar-refractivity contribution in [3.05, 3.63) is 35.1 Å². The van der Waals surface area contributed by atoms with E-state index in [4.69, 9.17) is 26.6 Å². The maximum atomic E-state index is 6.54. The molecule has 0 spiro atoms. The fraction of sp³-hybridized carbons (Fsp3) is 0.476. The van der Waals surface area contributed by atoms with Crippen LogP contribution in [0.4, 0.5) is 5.82 Å². The molecule has 7 heteroatoms. The van der Waals surface area contributed by atoms with Crippen molar-refractivity contribution in [2.45, 2.75) is 33.2 Å². The van der Waals surface area contributed by atoms with Crippen LogP contribution >= 0.6 is 11.6 Å². The van der Waals surface area contributed by atoms with E-state index in [1.165, 1.54) is 0 Å². The van der Waals surface area contributed by atoms with Gasteiger partial charge >= 0.3 is 0 Å². The Bertz CT molecular complexity index is 990. The Morgan fingerprint density at radius 1 is 1.07 bits per heavy atom. The highest BCUT2D eigenvalue weighted by Gasteiger charge is 2.25. The summed E-state index contributed by atoms with van der Waals surface area (Å²) < 4.78 is 2.23. The minimum Gasteiger partial charge on any atom is -0.352 e. The van der Waals surface area contributed by atoms with Crippen molar-refractivity contribution < 1.29 is 0 Å². The summed E-state index contributed by atoms with van der Waals surface area (Å²) in [4.78, 5) is 19.3. The maximum Gasteiger partial charge on any atom is 0.166 e. The van der Waals surface area contributed by atoms with Crippen molar-refractivity contribution >= 4 is 28.6 Å². The molecular weight excluding hydrogens is 372 g/mol. The summed E-state index contributed by atoms with van der Waals surface area (Å²) in [5.41, 5.74) is 2.69. The monoisotopic (exact) mass is 398 g/mol. The number of piperazine rings is 1. The normalized spacial score (nSPS) is 16.7. The molecule has 0 N–H and O–H groups in total. The summed E-state index contributed by atoms with van der Waals surface area (Å²) in [6.45, 7) is 10.3. The number of hydrogen-bond acceptors (Lipinski definition) is 5. The van der Waals surface area contributed by atoms with Crippen molar-refractivity contribution in [1.82, 2.24) is 24.4 Å². The molecule has 6 nitrogen and oxygen atoms in total. The molecule has 1 aromatic carbocycles. The second-order valence-corrected chi connectivity index (χ2v) is 8.01. The fourth-order valence-electron chi connectivity index (χ4n) is 3.74. The van der Waals surface area contributed by atoms with Gasteiger partial charge in [-0.25, -0.2) is 15.0 Å². The zero-order valence-electron chi connectivity index (χ0n) is 17.0. The fourth-order valence-corrected chi connectivity index (χ4v) is 3.96. The van der Waals surface area contributed by atoms with E-state index < -0.39 is 0 Å². The van der Waals surface area contributed by atoms with Crippen LogP contribution in [0.5, 0.6) is 0 Å². The molecule has 0 radical (unpaired) electrons. The van der Waals surface area contributed by atoms with E-state index in [9.17, 15) is 0 Å². The maximum absolute atomic E-state index is 6.54. The largest absolute Gasteiger partial charge is 0.352 e. The molecule has 28 heavy (non-hydrogen) atoms. The molecular formula is C21H27ClN6. The van der Waals surface area contributed by atoms with E-state index in [-0.39, 0.29) is 6.04 Å². The molecule has 0 bridgehead atoms. The summed E-state index contributed by atoms with van der Waals surface area (Å²) >= 11 is 6.54. The van der Waals surface area contributed by atoms with Crippen molar-refractivity contribution in [2.24, 2.45) is 0 Å². The molecule has 2 aromatic heterocycles. The van der Waals surface area contributed by atoms with Gasteiger partial charge in [0.05, 0.1) is 5.02 Å². The first-order valence-electron chi connectivity index (χ1n) is 9.94. The molecule has 1 atom stereocenters. The van der Waals surface area contributed by atoms with Gasteiger partial charge < -0.3 is 14.4 Å². The molecule has 1 fully saturated rings. The van der Waals surface area contributed by atoms with Gasteiger partial charge in [0.25, 0.3) is 0 Å². The number of aromatic nitrogens is 4. The van der Waals surface area contributed by atoms with Gasteiger partial charge in [-0.3, -0.25) is 0 Å². The summed E-state index contributed by atoms with van der Waals surface area (Å²) in [7, 11) is 2.16. The average molecular weight is 399 g/mol. The Morgan fingerprint density at radius 2 is 1.79 bits per heavy atom. The number of rotatable bonds is 4. The highest BCUT2D eigenvalue weighted by Crippen LogP contribution is 2.35. The molecule has 1 aliphatic heterocycles. The number of imidazole rings is 1. The highest BCUT2D eigenvalue weighted by molar-refractivity contribution is 6.33. The molecule has 3 aromatic rings. The summed E-state index contributed by atoms with van der Waals surface area (Å²) in [5, 5.41) is 0.702. The number of hydrogen-bond donors (Lipinski definition) is 0. The predicted octanol–water partition coefficient (Wildman–Crippen LogP) is 4.18. The van der Waals surface area contributed by atoms with Crippen molar-refractivity contribution in [2.75, 3.05) is 38.1 Å². The van der Waals surface area contributed by atoms with E-state index in [2.05, 4.69) is 35.3 Å². The topological polar surface area (TPSA) is 50.1 Å². The van der Waals surface area contributed by atoms with Crippen molar-refractivity contribution in [3.63, 3.8) is 0 Å². The van der Waals surface area contributed by atoms with Gasteiger partial charge in [-0.15, -0.1) is 0 Å². The van der Waals surface area contributed by atoms with Crippen LogP contribution in [0.25, 0.3) is 22.6 Å². The molecule has 0 aliphatic carbocycles. The van der Waals surface area contributed by atoms with Crippen LogP contribution in [0.2, 0.25) is 5.02 Å². The number of aryl methyl sites for hydroxylation is 1. The molecule has 0 unspecified atom stereocenters. The van der Waals surface area contributed by atoms with Gasteiger partial charge in [0, 0.05) is 37.8 Å². The van der Waals surface area contributed by atoms with Crippen LogP contribution in [0, 0.1) is 6.92 Å². The zero-order valence-corrected chi connectivity index (χ0v) is 17.7.